The number of aliphatic hydroxyl groups is 1. The molecule has 0 spiro atoms. The average Bonchev–Trinajstić information content (AvgIpc) is 2.46. The first-order valence-electron chi connectivity index (χ1n) is 7.65. The van der Waals surface area contributed by atoms with E-state index in [2.05, 4.69) is 19.2 Å². The third kappa shape index (κ3) is 4.74. The monoisotopic (exact) mass is 291 g/mol. The predicted molar refractivity (Wildman–Crippen MR) is 83.4 cm³/mol. The SMILES string of the molecule is CC1(C)CCC(C(=O)Nc2ccc(OCCO)cc2)CC1. The van der Waals surface area contributed by atoms with Gasteiger partial charge in [0, 0.05) is 11.6 Å². The Hall–Kier alpha value is -1.55. The van der Waals surface area contributed by atoms with E-state index in [-0.39, 0.29) is 25.0 Å². The fourth-order valence-electron chi connectivity index (χ4n) is 2.70. The fourth-order valence-corrected chi connectivity index (χ4v) is 2.70. The van der Waals surface area contributed by atoms with Gasteiger partial charge in [-0.15, -0.1) is 0 Å². The third-order valence-corrected chi connectivity index (χ3v) is 4.19. The van der Waals surface area contributed by atoms with Crippen LogP contribution in [-0.2, 0) is 4.79 Å². The van der Waals surface area contributed by atoms with Crippen molar-refractivity contribution in [2.24, 2.45) is 11.3 Å². The quantitative estimate of drug-likeness (QED) is 0.875. The van der Waals surface area contributed by atoms with Crippen molar-refractivity contribution in [3.8, 4) is 5.75 Å². The van der Waals surface area contributed by atoms with E-state index >= 15 is 0 Å². The third-order valence-electron chi connectivity index (χ3n) is 4.19. The molecule has 0 unspecified atom stereocenters. The summed E-state index contributed by atoms with van der Waals surface area (Å²) in [5.74, 6) is 0.944. The maximum Gasteiger partial charge on any atom is 0.227 e. The molecule has 1 aliphatic rings. The van der Waals surface area contributed by atoms with E-state index in [9.17, 15) is 4.79 Å². The van der Waals surface area contributed by atoms with Gasteiger partial charge in [0.25, 0.3) is 0 Å². The molecule has 0 heterocycles. The predicted octanol–water partition coefficient (Wildman–Crippen LogP) is 3.21. The Labute approximate surface area is 126 Å². The summed E-state index contributed by atoms with van der Waals surface area (Å²) < 4.78 is 5.29. The molecule has 0 aromatic heterocycles. The number of anilines is 1. The molecule has 116 valence electrons. The van der Waals surface area contributed by atoms with Crippen LogP contribution >= 0.6 is 0 Å². The second kappa shape index (κ2) is 6.94. The van der Waals surface area contributed by atoms with Gasteiger partial charge in [0.15, 0.2) is 0 Å². The Morgan fingerprint density at radius 2 is 1.90 bits per heavy atom. The lowest BCUT2D eigenvalue weighted by atomic mass is 9.73. The number of amides is 1. The van der Waals surface area contributed by atoms with E-state index in [1.165, 1.54) is 0 Å². The molecule has 1 saturated carbocycles. The molecular weight excluding hydrogens is 266 g/mol. The second-order valence-corrected chi connectivity index (χ2v) is 6.52. The summed E-state index contributed by atoms with van der Waals surface area (Å²) >= 11 is 0. The Morgan fingerprint density at radius 1 is 1.29 bits per heavy atom. The molecule has 1 amide bonds. The van der Waals surface area contributed by atoms with Crippen molar-refractivity contribution >= 4 is 11.6 Å². The normalized spacial score (nSPS) is 18.2. The van der Waals surface area contributed by atoms with E-state index < -0.39 is 0 Å². The number of ether oxygens (including phenoxy) is 1. The highest BCUT2D eigenvalue weighted by molar-refractivity contribution is 5.92. The molecule has 2 rings (SSSR count). The summed E-state index contributed by atoms with van der Waals surface area (Å²) in [5.41, 5.74) is 1.17. The molecule has 0 saturated heterocycles. The zero-order valence-corrected chi connectivity index (χ0v) is 12.9. The van der Waals surface area contributed by atoms with Crippen LogP contribution in [0.5, 0.6) is 5.75 Å². The highest BCUT2D eigenvalue weighted by Gasteiger charge is 2.30. The van der Waals surface area contributed by atoms with E-state index in [0.29, 0.717) is 11.2 Å². The van der Waals surface area contributed by atoms with Crippen LogP contribution in [0, 0.1) is 11.3 Å². The second-order valence-electron chi connectivity index (χ2n) is 6.52. The van der Waals surface area contributed by atoms with Crippen LogP contribution in [0.2, 0.25) is 0 Å². The van der Waals surface area contributed by atoms with Crippen LogP contribution in [0.3, 0.4) is 0 Å². The molecule has 4 nitrogen and oxygen atoms in total. The molecule has 1 fully saturated rings. The molecule has 4 heteroatoms. The lowest BCUT2D eigenvalue weighted by molar-refractivity contribution is -0.121. The van der Waals surface area contributed by atoms with E-state index in [4.69, 9.17) is 9.84 Å². The maximum absolute atomic E-state index is 12.3. The highest BCUT2D eigenvalue weighted by atomic mass is 16.5. The fraction of sp³-hybridized carbons (Fsp3) is 0.588. The number of hydrogen-bond acceptors (Lipinski definition) is 3. The van der Waals surface area contributed by atoms with Crippen molar-refractivity contribution in [2.45, 2.75) is 39.5 Å². The first kappa shape index (κ1) is 15.8. The number of carbonyl (C=O) groups excluding carboxylic acids is 1. The van der Waals surface area contributed by atoms with Gasteiger partial charge < -0.3 is 15.2 Å². The zero-order valence-electron chi connectivity index (χ0n) is 12.9. The number of nitrogens with one attached hydrogen (secondary N) is 1. The molecule has 0 atom stereocenters. The molecule has 0 bridgehead atoms. The number of benzene rings is 1. The van der Waals surface area contributed by atoms with Crippen molar-refractivity contribution in [3.05, 3.63) is 24.3 Å². The Morgan fingerprint density at radius 3 is 2.48 bits per heavy atom. The summed E-state index contributed by atoms with van der Waals surface area (Å²) in [4.78, 5) is 12.3. The minimum atomic E-state index is -0.00346. The number of carbonyl (C=O) groups is 1. The van der Waals surface area contributed by atoms with E-state index in [1.54, 1.807) is 12.1 Å². The zero-order chi connectivity index (χ0) is 15.3. The van der Waals surface area contributed by atoms with Crippen LogP contribution in [-0.4, -0.2) is 24.2 Å². The molecular formula is C17H25NO3. The summed E-state index contributed by atoms with van der Waals surface area (Å²) in [6, 6.07) is 7.26. The summed E-state index contributed by atoms with van der Waals surface area (Å²) in [7, 11) is 0. The maximum atomic E-state index is 12.3. The Kier molecular flexibility index (Phi) is 5.23. The lowest BCUT2D eigenvalue weighted by Gasteiger charge is -2.33. The van der Waals surface area contributed by atoms with Gasteiger partial charge in [-0.05, 0) is 55.4 Å². The summed E-state index contributed by atoms with van der Waals surface area (Å²) in [5, 5.41) is 11.7. The van der Waals surface area contributed by atoms with Crippen LogP contribution in [0.25, 0.3) is 0 Å². The molecule has 21 heavy (non-hydrogen) atoms. The van der Waals surface area contributed by atoms with Crippen molar-refractivity contribution in [1.82, 2.24) is 0 Å². The molecule has 0 radical (unpaired) electrons. The van der Waals surface area contributed by atoms with Gasteiger partial charge in [-0.2, -0.15) is 0 Å². The van der Waals surface area contributed by atoms with Gasteiger partial charge in [0.1, 0.15) is 12.4 Å². The first-order chi connectivity index (χ1) is 10.00. The molecule has 1 aliphatic carbocycles. The minimum absolute atomic E-state index is 0.00346. The molecule has 2 N–H and O–H groups in total. The van der Waals surface area contributed by atoms with Crippen molar-refractivity contribution in [2.75, 3.05) is 18.5 Å². The largest absolute Gasteiger partial charge is 0.491 e. The summed E-state index contributed by atoms with van der Waals surface area (Å²) in [6.07, 6.45) is 4.16. The van der Waals surface area contributed by atoms with E-state index in [1.807, 2.05) is 12.1 Å². The van der Waals surface area contributed by atoms with Gasteiger partial charge in [0.05, 0.1) is 6.61 Å². The van der Waals surface area contributed by atoms with Gasteiger partial charge in [-0.3, -0.25) is 4.79 Å². The van der Waals surface area contributed by atoms with Gasteiger partial charge >= 0.3 is 0 Å². The number of hydrogen-bond donors (Lipinski definition) is 2. The lowest BCUT2D eigenvalue weighted by Crippen LogP contribution is -2.30. The smallest absolute Gasteiger partial charge is 0.227 e. The Balaban J connectivity index is 1.85. The summed E-state index contributed by atoms with van der Waals surface area (Å²) in [6.45, 7) is 4.82. The number of rotatable bonds is 5. The van der Waals surface area contributed by atoms with Crippen LogP contribution in [0.4, 0.5) is 5.69 Å². The van der Waals surface area contributed by atoms with E-state index in [0.717, 1.165) is 31.4 Å². The molecule has 1 aromatic rings. The van der Waals surface area contributed by atoms with Crippen LogP contribution in [0.1, 0.15) is 39.5 Å². The highest BCUT2D eigenvalue weighted by Crippen LogP contribution is 2.38. The Bertz CT molecular complexity index is 457. The van der Waals surface area contributed by atoms with Gasteiger partial charge in [-0.25, -0.2) is 0 Å². The van der Waals surface area contributed by atoms with Crippen LogP contribution in [0.15, 0.2) is 24.3 Å². The topological polar surface area (TPSA) is 58.6 Å². The van der Waals surface area contributed by atoms with Crippen molar-refractivity contribution in [1.29, 1.82) is 0 Å². The van der Waals surface area contributed by atoms with Crippen molar-refractivity contribution in [3.63, 3.8) is 0 Å². The number of aliphatic hydroxyl groups excluding tert-OH is 1. The van der Waals surface area contributed by atoms with Crippen LogP contribution < -0.4 is 10.1 Å². The van der Waals surface area contributed by atoms with Crippen molar-refractivity contribution < 1.29 is 14.6 Å². The minimum Gasteiger partial charge on any atom is -0.491 e. The molecule has 0 aliphatic heterocycles. The standard InChI is InChI=1S/C17H25NO3/c1-17(2)9-7-13(8-10-17)16(20)18-14-3-5-15(6-4-14)21-12-11-19/h3-6,13,19H,7-12H2,1-2H3,(H,18,20). The average molecular weight is 291 g/mol. The molecule has 1 aromatic carbocycles. The first-order valence-corrected chi connectivity index (χ1v) is 7.65. The van der Waals surface area contributed by atoms with Gasteiger partial charge in [-0.1, -0.05) is 13.8 Å². The van der Waals surface area contributed by atoms with Gasteiger partial charge in [0.2, 0.25) is 5.91 Å².